The minimum absolute atomic E-state index is 0.0881. The third-order valence-electron chi connectivity index (χ3n) is 2.63. The summed E-state index contributed by atoms with van der Waals surface area (Å²) in [5, 5.41) is 0.370. The summed E-state index contributed by atoms with van der Waals surface area (Å²) in [6, 6.07) is 5.01. The first-order valence-corrected chi connectivity index (χ1v) is 5.66. The van der Waals surface area contributed by atoms with E-state index in [9.17, 15) is 9.59 Å². The molecule has 2 rings (SSSR count). The monoisotopic (exact) mass is 253 g/mol. The Labute approximate surface area is 104 Å². The van der Waals surface area contributed by atoms with Crippen LogP contribution < -0.4 is 4.90 Å². The Hall–Kier alpha value is -1.39. The molecule has 0 aromatic heterocycles. The molecule has 1 saturated heterocycles. The van der Waals surface area contributed by atoms with E-state index in [4.69, 9.17) is 16.3 Å². The second-order valence-electron chi connectivity index (χ2n) is 3.82. The van der Waals surface area contributed by atoms with Crippen molar-refractivity contribution in [2.24, 2.45) is 0 Å². The number of rotatable bonds is 2. The zero-order valence-electron chi connectivity index (χ0n) is 9.40. The van der Waals surface area contributed by atoms with Crippen LogP contribution in [0.4, 0.5) is 5.69 Å². The highest BCUT2D eigenvalue weighted by Crippen LogP contribution is 2.25. The molecule has 0 aliphatic carbocycles. The van der Waals surface area contributed by atoms with Gasteiger partial charge in [0.2, 0.25) is 0 Å². The molecule has 1 aromatic carbocycles. The second-order valence-corrected chi connectivity index (χ2v) is 4.23. The van der Waals surface area contributed by atoms with Gasteiger partial charge in [0.05, 0.1) is 11.6 Å². The fraction of sp³-hybridized carbons (Fsp3) is 0.333. The Kier molecular flexibility index (Phi) is 3.45. The summed E-state index contributed by atoms with van der Waals surface area (Å²) in [6.07, 6.45) is 0. The van der Waals surface area contributed by atoms with Gasteiger partial charge >= 0.3 is 0 Å². The molecule has 1 fully saturated rings. The average molecular weight is 254 g/mol. The van der Waals surface area contributed by atoms with Crippen LogP contribution in [0.3, 0.4) is 0 Å². The Morgan fingerprint density at radius 1 is 1.47 bits per heavy atom. The fourth-order valence-corrected chi connectivity index (χ4v) is 2.06. The van der Waals surface area contributed by atoms with E-state index in [-0.39, 0.29) is 18.3 Å². The lowest BCUT2D eigenvalue weighted by atomic mass is 10.1. The number of carbonyl (C=O) groups is 2. The number of nitrogens with zero attached hydrogens (tertiary/aromatic N) is 1. The van der Waals surface area contributed by atoms with Gasteiger partial charge in [0.25, 0.3) is 5.91 Å². The molecule has 17 heavy (non-hydrogen) atoms. The van der Waals surface area contributed by atoms with Crippen molar-refractivity contribution in [1.82, 2.24) is 0 Å². The number of ketones is 1. The Morgan fingerprint density at radius 2 is 2.24 bits per heavy atom. The van der Waals surface area contributed by atoms with E-state index in [1.54, 1.807) is 23.1 Å². The predicted molar refractivity (Wildman–Crippen MR) is 64.6 cm³/mol. The molecule has 1 amide bonds. The summed E-state index contributed by atoms with van der Waals surface area (Å²) in [6.45, 7) is 2.57. The second kappa shape index (κ2) is 4.85. The van der Waals surface area contributed by atoms with Gasteiger partial charge in [-0.05, 0) is 25.1 Å². The largest absolute Gasteiger partial charge is 0.370 e. The van der Waals surface area contributed by atoms with Crippen molar-refractivity contribution in [2.45, 2.75) is 6.92 Å². The molecule has 0 N–H and O–H groups in total. The number of amides is 1. The summed E-state index contributed by atoms with van der Waals surface area (Å²) in [5.41, 5.74) is 1.17. The lowest BCUT2D eigenvalue weighted by Crippen LogP contribution is -2.41. The van der Waals surface area contributed by atoms with Crippen LogP contribution in [0.25, 0.3) is 0 Å². The molecule has 1 aromatic rings. The number of anilines is 1. The van der Waals surface area contributed by atoms with Crippen LogP contribution in [0, 0.1) is 0 Å². The van der Waals surface area contributed by atoms with E-state index in [0.717, 1.165) is 0 Å². The molecule has 0 bridgehead atoms. The molecule has 0 unspecified atom stereocenters. The molecular weight excluding hydrogens is 242 g/mol. The highest BCUT2D eigenvalue weighted by molar-refractivity contribution is 6.34. The van der Waals surface area contributed by atoms with Crippen LogP contribution in [0.2, 0.25) is 5.02 Å². The van der Waals surface area contributed by atoms with Gasteiger partial charge in [0.15, 0.2) is 5.78 Å². The number of morpholine rings is 1. The molecule has 90 valence electrons. The van der Waals surface area contributed by atoms with E-state index in [0.29, 0.717) is 29.4 Å². The lowest BCUT2D eigenvalue weighted by Gasteiger charge is -2.27. The van der Waals surface area contributed by atoms with Gasteiger partial charge in [0.1, 0.15) is 6.61 Å². The number of hydrogen-bond acceptors (Lipinski definition) is 3. The van der Waals surface area contributed by atoms with Crippen molar-refractivity contribution in [3.8, 4) is 0 Å². The Balaban J connectivity index is 2.30. The average Bonchev–Trinajstić information content (AvgIpc) is 2.29. The summed E-state index contributed by atoms with van der Waals surface area (Å²) in [5.74, 6) is -0.183. The molecule has 0 saturated carbocycles. The van der Waals surface area contributed by atoms with Crippen molar-refractivity contribution in [3.63, 3.8) is 0 Å². The predicted octanol–water partition coefficient (Wildman–Crippen LogP) is 1.91. The molecule has 1 aliphatic rings. The van der Waals surface area contributed by atoms with Gasteiger partial charge in [-0.2, -0.15) is 0 Å². The molecule has 0 radical (unpaired) electrons. The maximum atomic E-state index is 11.6. The lowest BCUT2D eigenvalue weighted by molar-refractivity contribution is -0.125. The standard InChI is InChI=1S/C12H12ClNO3/c1-8(15)10-3-2-9(6-11(10)13)14-4-5-17-7-12(14)16/h2-3,6H,4-5,7H2,1H3. The first-order valence-electron chi connectivity index (χ1n) is 5.28. The summed E-state index contributed by atoms with van der Waals surface area (Å²) >= 11 is 6.00. The number of benzene rings is 1. The third kappa shape index (κ3) is 2.48. The fourth-order valence-electron chi connectivity index (χ4n) is 1.75. The van der Waals surface area contributed by atoms with Gasteiger partial charge in [-0.3, -0.25) is 9.59 Å². The Morgan fingerprint density at radius 3 is 2.82 bits per heavy atom. The number of halogens is 1. The smallest absolute Gasteiger partial charge is 0.253 e. The summed E-state index contributed by atoms with van der Waals surface area (Å²) < 4.78 is 5.05. The van der Waals surface area contributed by atoms with E-state index < -0.39 is 0 Å². The minimum atomic E-state index is -0.0945. The number of carbonyl (C=O) groups excluding carboxylic acids is 2. The molecular formula is C12H12ClNO3. The number of ether oxygens (including phenoxy) is 1. The minimum Gasteiger partial charge on any atom is -0.370 e. The van der Waals surface area contributed by atoms with Gasteiger partial charge < -0.3 is 9.64 Å². The highest BCUT2D eigenvalue weighted by atomic mass is 35.5. The maximum Gasteiger partial charge on any atom is 0.253 e. The first-order chi connectivity index (χ1) is 8.09. The molecule has 4 nitrogen and oxygen atoms in total. The first kappa shape index (κ1) is 12.1. The third-order valence-corrected chi connectivity index (χ3v) is 2.94. The van der Waals surface area contributed by atoms with Gasteiger partial charge in [-0.15, -0.1) is 0 Å². The van der Waals surface area contributed by atoms with Crippen molar-refractivity contribution in [3.05, 3.63) is 28.8 Å². The van der Waals surface area contributed by atoms with Crippen molar-refractivity contribution >= 4 is 29.0 Å². The molecule has 1 heterocycles. The van der Waals surface area contributed by atoms with E-state index >= 15 is 0 Å². The van der Waals surface area contributed by atoms with Crippen LogP contribution in [0.5, 0.6) is 0 Å². The highest BCUT2D eigenvalue weighted by Gasteiger charge is 2.21. The molecule has 0 atom stereocenters. The SMILES string of the molecule is CC(=O)c1ccc(N2CCOCC2=O)cc1Cl. The summed E-state index contributed by atoms with van der Waals surface area (Å²) in [7, 11) is 0. The maximum absolute atomic E-state index is 11.6. The van der Waals surface area contributed by atoms with Crippen molar-refractivity contribution in [2.75, 3.05) is 24.7 Å². The van der Waals surface area contributed by atoms with Crippen LogP contribution in [0.1, 0.15) is 17.3 Å². The van der Waals surface area contributed by atoms with Crippen molar-refractivity contribution in [1.29, 1.82) is 0 Å². The molecule has 5 heteroatoms. The zero-order chi connectivity index (χ0) is 12.4. The van der Waals surface area contributed by atoms with Crippen LogP contribution >= 0.6 is 11.6 Å². The van der Waals surface area contributed by atoms with Gasteiger partial charge in [-0.1, -0.05) is 11.6 Å². The van der Waals surface area contributed by atoms with Crippen molar-refractivity contribution < 1.29 is 14.3 Å². The van der Waals surface area contributed by atoms with E-state index in [1.807, 2.05) is 0 Å². The normalized spacial score (nSPS) is 16.1. The number of Topliss-reactive ketones (excluding diaryl/α,β-unsaturated/α-hetero) is 1. The molecule has 0 spiro atoms. The van der Waals surface area contributed by atoms with Crippen LogP contribution in [-0.4, -0.2) is 31.4 Å². The quantitative estimate of drug-likeness (QED) is 0.757. The van der Waals surface area contributed by atoms with Gasteiger partial charge in [0, 0.05) is 17.8 Å². The summed E-state index contributed by atoms with van der Waals surface area (Å²) in [4.78, 5) is 24.5. The molecule has 1 aliphatic heterocycles. The van der Waals surface area contributed by atoms with E-state index in [2.05, 4.69) is 0 Å². The zero-order valence-corrected chi connectivity index (χ0v) is 10.2. The van der Waals surface area contributed by atoms with Crippen LogP contribution in [0.15, 0.2) is 18.2 Å². The van der Waals surface area contributed by atoms with Crippen LogP contribution in [-0.2, 0) is 9.53 Å². The number of hydrogen-bond donors (Lipinski definition) is 0. The van der Waals surface area contributed by atoms with Gasteiger partial charge in [-0.25, -0.2) is 0 Å². The topological polar surface area (TPSA) is 46.6 Å². The Bertz CT molecular complexity index is 473. The van der Waals surface area contributed by atoms with E-state index in [1.165, 1.54) is 6.92 Å².